The maximum absolute atomic E-state index is 12.8. The van der Waals surface area contributed by atoms with E-state index in [0.29, 0.717) is 50.6 Å². The smallest absolute Gasteiger partial charge is 0.326 e. The molecule has 0 bridgehead atoms. The van der Waals surface area contributed by atoms with Gasteiger partial charge < -0.3 is 42.5 Å². The summed E-state index contributed by atoms with van der Waals surface area (Å²) in [7, 11) is 0. The molecule has 1 aliphatic heterocycles. The SMILES string of the molecule is CC(=O)C[C@H](NC(=O)CN1CCN(CCNC(=O)C[C@@H](C)NC(=O)CC[C@H](NC(=O)c2ccc(NCc3cnc4nc(N)[nH]c(=O)c4n3)cc2)C(=O)O)CC1)C(=O)O. The number of ketones is 1. The van der Waals surface area contributed by atoms with E-state index in [9.17, 15) is 48.6 Å². The summed E-state index contributed by atoms with van der Waals surface area (Å²) in [4.78, 5) is 115. The molecule has 4 rings (SSSR count). The molecule has 0 aliphatic carbocycles. The zero-order valence-electron chi connectivity index (χ0n) is 32.1. The monoisotopic (exact) mass is 808 g/mol. The van der Waals surface area contributed by atoms with Crippen molar-refractivity contribution in [1.29, 1.82) is 0 Å². The summed E-state index contributed by atoms with van der Waals surface area (Å²) in [6.45, 7) is 6.36. The van der Waals surface area contributed by atoms with Gasteiger partial charge in [-0.25, -0.2) is 19.6 Å². The Bertz CT molecular complexity index is 2040. The van der Waals surface area contributed by atoms with Gasteiger partial charge in [-0.15, -0.1) is 0 Å². The highest BCUT2D eigenvalue weighted by molar-refractivity contribution is 5.97. The number of carboxylic acids is 2. The maximum atomic E-state index is 12.8. The van der Waals surface area contributed by atoms with Gasteiger partial charge in [0.15, 0.2) is 11.2 Å². The number of fused-ring (bicyclic) bond motifs is 1. The molecular formula is C36H48N12O10. The molecule has 2 aromatic heterocycles. The van der Waals surface area contributed by atoms with Crippen LogP contribution in [0.2, 0.25) is 0 Å². The van der Waals surface area contributed by atoms with E-state index in [4.69, 9.17) is 5.73 Å². The number of carbonyl (C=O) groups is 7. The van der Waals surface area contributed by atoms with Gasteiger partial charge in [-0.2, -0.15) is 4.98 Å². The van der Waals surface area contributed by atoms with Crippen molar-refractivity contribution in [2.24, 2.45) is 0 Å². The molecule has 22 heteroatoms. The summed E-state index contributed by atoms with van der Waals surface area (Å²) in [5.41, 5.74) is 6.39. The maximum Gasteiger partial charge on any atom is 0.326 e. The molecular weight excluding hydrogens is 760 g/mol. The number of rotatable bonds is 21. The number of Topliss-reactive ketones (excluding diaryl/α,β-unsaturated/α-hetero) is 1. The van der Waals surface area contributed by atoms with Crippen molar-refractivity contribution in [3.8, 4) is 0 Å². The molecule has 4 amide bonds. The van der Waals surface area contributed by atoms with Crippen LogP contribution in [0.5, 0.6) is 0 Å². The minimum Gasteiger partial charge on any atom is -0.480 e. The number of H-pyrrole nitrogens is 1. The number of anilines is 2. The Hall–Kier alpha value is -6.55. The van der Waals surface area contributed by atoms with Crippen LogP contribution in [0.1, 0.15) is 55.6 Å². The first-order valence-corrected chi connectivity index (χ1v) is 18.5. The Balaban J connectivity index is 1.10. The van der Waals surface area contributed by atoms with E-state index < -0.39 is 53.3 Å². The van der Waals surface area contributed by atoms with Gasteiger partial charge in [-0.3, -0.25) is 43.6 Å². The number of carboxylic acid groups (broad SMARTS) is 2. The molecule has 312 valence electrons. The number of aromatic amines is 1. The molecule has 58 heavy (non-hydrogen) atoms. The summed E-state index contributed by atoms with van der Waals surface area (Å²) < 4.78 is 0. The number of nitrogens with two attached hydrogens (primary N) is 1. The summed E-state index contributed by atoms with van der Waals surface area (Å²) in [5.74, 6) is -4.90. The Labute approximate surface area is 331 Å². The number of hydrogen-bond donors (Lipinski definition) is 9. The number of carbonyl (C=O) groups excluding carboxylic acids is 5. The number of aromatic nitrogens is 4. The Kier molecular flexibility index (Phi) is 16.1. The quantitative estimate of drug-likeness (QED) is 0.0565. The second-order valence-corrected chi connectivity index (χ2v) is 13.8. The van der Waals surface area contributed by atoms with Gasteiger partial charge in [-0.05, 0) is 44.5 Å². The fraction of sp³-hybridized carbons (Fsp3) is 0.472. The number of benzene rings is 1. The molecule has 0 spiro atoms. The van der Waals surface area contributed by atoms with Gasteiger partial charge in [0.1, 0.15) is 17.9 Å². The van der Waals surface area contributed by atoms with Crippen LogP contribution in [-0.2, 0) is 35.3 Å². The molecule has 3 atom stereocenters. The van der Waals surface area contributed by atoms with Crippen molar-refractivity contribution < 1.29 is 43.8 Å². The minimum atomic E-state index is -1.35. The van der Waals surface area contributed by atoms with E-state index >= 15 is 0 Å². The highest BCUT2D eigenvalue weighted by Gasteiger charge is 2.25. The predicted molar refractivity (Wildman–Crippen MR) is 207 cm³/mol. The average molecular weight is 809 g/mol. The number of nitrogens with one attached hydrogen (secondary N) is 6. The summed E-state index contributed by atoms with van der Waals surface area (Å²) >= 11 is 0. The highest BCUT2D eigenvalue weighted by Crippen LogP contribution is 2.13. The fourth-order valence-corrected chi connectivity index (χ4v) is 5.97. The van der Waals surface area contributed by atoms with Crippen LogP contribution < -0.4 is 37.9 Å². The van der Waals surface area contributed by atoms with Crippen LogP contribution in [0.4, 0.5) is 11.6 Å². The van der Waals surface area contributed by atoms with Gasteiger partial charge >= 0.3 is 11.9 Å². The van der Waals surface area contributed by atoms with E-state index in [1.807, 2.05) is 4.90 Å². The molecule has 0 unspecified atom stereocenters. The van der Waals surface area contributed by atoms with Crippen LogP contribution in [0.3, 0.4) is 0 Å². The first kappa shape index (κ1) is 44.2. The predicted octanol–water partition coefficient (Wildman–Crippen LogP) is -1.95. The number of piperazine rings is 1. The van der Waals surface area contributed by atoms with Crippen molar-refractivity contribution in [3.63, 3.8) is 0 Å². The van der Waals surface area contributed by atoms with E-state index in [1.165, 1.54) is 25.3 Å². The lowest BCUT2D eigenvalue weighted by Gasteiger charge is -2.34. The van der Waals surface area contributed by atoms with Gasteiger partial charge in [0.05, 0.1) is 25.0 Å². The topological polar surface area (TPSA) is 324 Å². The van der Waals surface area contributed by atoms with E-state index in [-0.39, 0.29) is 73.1 Å². The molecule has 3 aromatic rings. The van der Waals surface area contributed by atoms with Gasteiger partial charge in [-0.1, -0.05) is 0 Å². The zero-order chi connectivity index (χ0) is 42.4. The third kappa shape index (κ3) is 14.2. The molecule has 1 aromatic carbocycles. The molecule has 0 radical (unpaired) electrons. The third-order valence-electron chi connectivity index (χ3n) is 8.98. The second-order valence-electron chi connectivity index (χ2n) is 13.8. The van der Waals surface area contributed by atoms with E-state index in [0.717, 1.165) is 0 Å². The lowest BCUT2D eigenvalue weighted by Crippen LogP contribution is -2.52. The van der Waals surface area contributed by atoms with Gasteiger partial charge in [0.2, 0.25) is 23.7 Å². The number of nitrogens with zero attached hydrogens (tertiary/aromatic N) is 5. The van der Waals surface area contributed by atoms with E-state index in [1.54, 1.807) is 19.1 Å². The van der Waals surface area contributed by atoms with Crippen LogP contribution in [0.15, 0.2) is 35.3 Å². The Morgan fingerprint density at radius 1 is 0.862 bits per heavy atom. The molecule has 3 heterocycles. The first-order chi connectivity index (χ1) is 27.6. The second kappa shape index (κ2) is 21.1. The van der Waals surface area contributed by atoms with Crippen molar-refractivity contribution in [2.45, 2.75) is 64.2 Å². The third-order valence-corrected chi connectivity index (χ3v) is 8.98. The zero-order valence-corrected chi connectivity index (χ0v) is 32.1. The number of aliphatic carboxylic acids is 2. The van der Waals surface area contributed by atoms with Gasteiger partial charge in [0.25, 0.3) is 11.5 Å². The van der Waals surface area contributed by atoms with Crippen molar-refractivity contribution in [1.82, 2.24) is 51.0 Å². The molecule has 0 saturated carbocycles. The lowest BCUT2D eigenvalue weighted by molar-refractivity contribution is -0.143. The minimum absolute atomic E-state index is 0.00354. The average Bonchev–Trinajstić information content (AvgIpc) is 3.15. The molecule has 1 fully saturated rings. The van der Waals surface area contributed by atoms with Gasteiger partial charge in [0, 0.05) is 75.8 Å². The van der Waals surface area contributed by atoms with E-state index in [2.05, 4.69) is 51.4 Å². The molecule has 1 saturated heterocycles. The summed E-state index contributed by atoms with van der Waals surface area (Å²) in [5, 5.41) is 32.3. The van der Waals surface area contributed by atoms with Crippen molar-refractivity contribution in [2.75, 3.05) is 56.9 Å². The molecule has 22 nitrogen and oxygen atoms in total. The summed E-state index contributed by atoms with van der Waals surface area (Å²) in [6.07, 6.45) is 0.741. The van der Waals surface area contributed by atoms with Crippen molar-refractivity contribution >= 4 is 64.2 Å². The first-order valence-electron chi connectivity index (χ1n) is 18.5. The molecule has 1 aliphatic rings. The number of nitrogen functional groups attached to an aromatic ring is 1. The van der Waals surface area contributed by atoms with Crippen molar-refractivity contribution in [3.05, 3.63) is 52.1 Å². The normalized spacial score (nSPS) is 14.7. The molecule has 10 N–H and O–H groups in total. The number of hydrogen-bond acceptors (Lipinski definition) is 15. The summed E-state index contributed by atoms with van der Waals surface area (Å²) in [6, 6.07) is 3.03. The number of amides is 4. The largest absolute Gasteiger partial charge is 0.480 e. The fourth-order valence-electron chi connectivity index (χ4n) is 5.97. The Morgan fingerprint density at radius 3 is 2.19 bits per heavy atom. The highest BCUT2D eigenvalue weighted by atomic mass is 16.4. The van der Waals surface area contributed by atoms with Crippen LogP contribution in [-0.4, -0.2) is 145 Å². The van der Waals surface area contributed by atoms with Crippen LogP contribution in [0.25, 0.3) is 11.2 Å². The lowest BCUT2D eigenvalue weighted by atomic mass is 10.1. The Morgan fingerprint density at radius 2 is 1.53 bits per heavy atom. The standard InChI is InChI=1S/C36H48N12O10/c1-20(15-28(51)38-9-10-47-11-13-48(14-12-47)19-29(52)43-26(35(57)58)16-21(2)49)41-27(50)8-7-25(34(55)56)44-32(53)22-3-5-23(6-4-22)39-17-24-18-40-31-30(42-24)33(54)46-36(37)45-31/h3-6,18,20,25-26,39H,7-17,19H2,1-2H3,(H,38,51)(H,41,50)(H,43,52)(H,44,53)(H,55,56)(H,57,58)(H3,37,40,45,46,54)/t20-,25+,26+/m1/s1. The van der Waals surface area contributed by atoms with Crippen LogP contribution in [0, 0.1) is 0 Å². The van der Waals surface area contributed by atoms with Crippen LogP contribution >= 0.6 is 0 Å².